The third kappa shape index (κ3) is 3.67. The SMILES string of the molecule is CCOC(=O)C1C(C)=NC(C=O)C(C(=O)NC)C1c1ccc[n+]([O-])c1. The van der Waals surface area contributed by atoms with Gasteiger partial charge in [0.1, 0.15) is 18.2 Å². The van der Waals surface area contributed by atoms with Crippen LogP contribution in [-0.4, -0.2) is 43.6 Å². The van der Waals surface area contributed by atoms with Crippen LogP contribution in [0.4, 0.5) is 0 Å². The zero-order chi connectivity index (χ0) is 18.6. The third-order valence-electron chi connectivity index (χ3n) is 4.33. The van der Waals surface area contributed by atoms with Crippen LogP contribution in [0.3, 0.4) is 0 Å². The van der Waals surface area contributed by atoms with E-state index in [4.69, 9.17) is 4.74 Å². The molecular formula is C17H21N3O5. The van der Waals surface area contributed by atoms with Gasteiger partial charge in [0.2, 0.25) is 5.91 Å². The molecule has 1 aliphatic heterocycles. The maximum atomic E-state index is 12.5. The number of hydrogen-bond donors (Lipinski definition) is 1. The van der Waals surface area contributed by atoms with Gasteiger partial charge in [-0.15, -0.1) is 0 Å². The fourth-order valence-electron chi connectivity index (χ4n) is 3.29. The van der Waals surface area contributed by atoms with Crippen LogP contribution in [-0.2, 0) is 19.1 Å². The van der Waals surface area contributed by atoms with E-state index >= 15 is 0 Å². The van der Waals surface area contributed by atoms with Crippen molar-refractivity contribution in [3.8, 4) is 0 Å². The first kappa shape index (κ1) is 18.6. The predicted octanol–water partition coefficient (Wildman–Crippen LogP) is -0.0129. The lowest BCUT2D eigenvalue weighted by Gasteiger charge is -2.37. The number of ether oxygens (including phenoxy) is 1. The average molecular weight is 347 g/mol. The lowest BCUT2D eigenvalue weighted by atomic mass is 9.70. The minimum absolute atomic E-state index is 0.174. The first-order valence-corrected chi connectivity index (χ1v) is 8.01. The summed E-state index contributed by atoms with van der Waals surface area (Å²) in [6.45, 7) is 3.48. The minimum Gasteiger partial charge on any atom is -0.619 e. The Bertz CT molecular complexity index is 703. The van der Waals surface area contributed by atoms with E-state index in [0.29, 0.717) is 22.3 Å². The number of nitrogens with one attached hydrogen (secondary N) is 1. The highest BCUT2D eigenvalue weighted by atomic mass is 16.5. The first-order valence-electron chi connectivity index (χ1n) is 8.01. The smallest absolute Gasteiger partial charge is 0.315 e. The van der Waals surface area contributed by atoms with Gasteiger partial charge >= 0.3 is 5.97 Å². The molecule has 1 N–H and O–H groups in total. The minimum atomic E-state index is -0.934. The van der Waals surface area contributed by atoms with E-state index in [1.165, 1.54) is 25.5 Å². The van der Waals surface area contributed by atoms with E-state index in [9.17, 15) is 19.6 Å². The van der Waals surface area contributed by atoms with Gasteiger partial charge in [-0.25, -0.2) is 0 Å². The molecule has 8 nitrogen and oxygen atoms in total. The van der Waals surface area contributed by atoms with Gasteiger partial charge in [-0.05, 0) is 19.9 Å². The normalized spacial score (nSPS) is 25.6. The molecule has 1 aliphatic rings. The van der Waals surface area contributed by atoms with Gasteiger partial charge < -0.3 is 20.1 Å². The number of pyridine rings is 1. The predicted molar refractivity (Wildman–Crippen MR) is 88.8 cm³/mol. The summed E-state index contributed by atoms with van der Waals surface area (Å²) >= 11 is 0. The maximum absolute atomic E-state index is 12.5. The second kappa shape index (κ2) is 7.87. The summed E-state index contributed by atoms with van der Waals surface area (Å²) in [5.74, 6) is -3.45. The van der Waals surface area contributed by atoms with Gasteiger partial charge in [0.25, 0.3) is 0 Å². The number of carbonyl (C=O) groups excluding carboxylic acids is 3. The number of amides is 1. The molecule has 1 aromatic heterocycles. The number of aromatic nitrogens is 1. The number of aliphatic imine (C=N–C) groups is 1. The van der Waals surface area contributed by atoms with Crippen LogP contribution < -0.4 is 10.0 Å². The van der Waals surface area contributed by atoms with Crippen LogP contribution in [0.5, 0.6) is 0 Å². The van der Waals surface area contributed by atoms with Crippen molar-refractivity contribution in [3.63, 3.8) is 0 Å². The van der Waals surface area contributed by atoms with Gasteiger partial charge in [-0.3, -0.25) is 14.6 Å². The summed E-state index contributed by atoms with van der Waals surface area (Å²) in [5.41, 5.74) is 0.882. The number of hydrogen-bond acceptors (Lipinski definition) is 6. The van der Waals surface area contributed by atoms with Gasteiger partial charge in [-0.1, -0.05) is 0 Å². The van der Waals surface area contributed by atoms with Crippen LogP contribution in [0.15, 0.2) is 29.5 Å². The highest BCUT2D eigenvalue weighted by Crippen LogP contribution is 2.40. The molecular weight excluding hydrogens is 326 g/mol. The third-order valence-corrected chi connectivity index (χ3v) is 4.33. The van der Waals surface area contributed by atoms with Gasteiger partial charge in [0.15, 0.2) is 12.4 Å². The second-order valence-electron chi connectivity index (χ2n) is 5.79. The molecule has 0 aliphatic carbocycles. The molecule has 0 aromatic carbocycles. The molecule has 2 rings (SSSR count). The van der Waals surface area contributed by atoms with E-state index < -0.39 is 35.7 Å². The van der Waals surface area contributed by atoms with Crippen molar-refractivity contribution in [3.05, 3.63) is 35.3 Å². The van der Waals surface area contributed by atoms with Crippen LogP contribution in [0, 0.1) is 17.0 Å². The standard InChI is InChI=1S/C17H21N3O5/c1-4-25-17(23)13-10(2)19-12(9-21)15(16(22)18-3)14(13)11-6-5-7-20(24)8-11/h5-9,12-15H,4H2,1-3H3,(H,18,22). The molecule has 4 atom stereocenters. The van der Waals surface area contributed by atoms with Crippen LogP contribution in [0.1, 0.15) is 25.3 Å². The van der Waals surface area contributed by atoms with Crippen LogP contribution in [0.25, 0.3) is 0 Å². The molecule has 1 amide bonds. The summed E-state index contributed by atoms with van der Waals surface area (Å²) < 4.78 is 5.73. The molecule has 0 saturated carbocycles. The fourth-order valence-corrected chi connectivity index (χ4v) is 3.29. The number of nitrogens with zero attached hydrogens (tertiary/aromatic N) is 2. The Balaban J connectivity index is 2.64. The zero-order valence-corrected chi connectivity index (χ0v) is 14.3. The van der Waals surface area contributed by atoms with E-state index in [-0.39, 0.29) is 6.61 Å². The molecule has 8 heteroatoms. The zero-order valence-electron chi connectivity index (χ0n) is 14.3. The topological polar surface area (TPSA) is 112 Å². The van der Waals surface area contributed by atoms with Crippen LogP contribution in [0.2, 0.25) is 0 Å². The van der Waals surface area contributed by atoms with Gasteiger partial charge in [0.05, 0.1) is 12.5 Å². The molecule has 0 saturated heterocycles. The van der Waals surface area contributed by atoms with Crippen molar-refractivity contribution in [1.29, 1.82) is 0 Å². The van der Waals surface area contributed by atoms with Crippen molar-refractivity contribution in [2.24, 2.45) is 16.8 Å². The Morgan fingerprint density at radius 1 is 1.48 bits per heavy atom. The lowest BCUT2D eigenvalue weighted by Crippen LogP contribution is -2.49. The number of rotatable bonds is 5. The summed E-state index contributed by atoms with van der Waals surface area (Å²) in [6, 6.07) is 2.25. The molecule has 0 fully saturated rings. The van der Waals surface area contributed by atoms with Crippen LogP contribution >= 0.6 is 0 Å². The molecule has 25 heavy (non-hydrogen) atoms. The summed E-state index contributed by atoms with van der Waals surface area (Å²) in [6.07, 6.45) is 3.19. The molecule has 0 radical (unpaired) electrons. The summed E-state index contributed by atoms with van der Waals surface area (Å²) in [5, 5.41) is 14.2. The number of aldehydes is 1. The Morgan fingerprint density at radius 3 is 2.76 bits per heavy atom. The Kier molecular flexibility index (Phi) is 5.84. The Morgan fingerprint density at radius 2 is 2.20 bits per heavy atom. The molecule has 4 unspecified atom stereocenters. The van der Waals surface area contributed by atoms with E-state index in [1.54, 1.807) is 19.9 Å². The second-order valence-corrected chi connectivity index (χ2v) is 5.79. The molecule has 0 bridgehead atoms. The fraction of sp³-hybridized carbons (Fsp3) is 0.471. The number of carbonyl (C=O) groups is 3. The summed E-state index contributed by atoms with van der Waals surface area (Å²) in [4.78, 5) is 40.7. The number of esters is 1. The summed E-state index contributed by atoms with van der Waals surface area (Å²) in [7, 11) is 1.45. The van der Waals surface area contributed by atoms with Crippen molar-refractivity contribution in [1.82, 2.24) is 5.32 Å². The lowest BCUT2D eigenvalue weighted by molar-refractivity contribution is -0.606. The van der Waals surface area contributed by atoms with E-state index in [1.807, 2.05) is 0 Å². The Hall–Kier alpha value is -2.77. The molecule has 2 heterocycles. The molecule has 1 aromatic rings. The van der Waals surface area contributed by atoms with Gasteiger partial charge in [-0.2, -0.15) is 4.73 Å². The molecule has 134 valence electrons. The Labute approximate surface area is 145 Å². The van der Waals surface area contributed by atoms with Crippen molar-refractivity contribution >= 4 is 23.9 Å². The van der Waals surface area contributed by atoms with Crippen molar-refractivity contribution < 1.29 is 23.9 Å². The van der Waals surface area contributed by atoms with Crippen molar-refractivity contribution in [2.45, 2.75) is 25.8 Å². The highest BCUT2D eigenvalue weighted by molar-refractivity contribution is 6.05. The first-order chi connectivity index (χ1) is 11.9. The highest BCUT2D eigenvalue weighted by Gasteiger charge is 2.48. The maximum Gasteiger partial charge on any atom is 0.315 e. The quantitative estimate of drug-likeness (QED) is 0.348. The monoisotopic (exact) mass is 347 g/mol. The largest absolute Gasteiger partial charge is 0.619 e. The average Bonchev–Trinajstić information content (AvgIpc) is 2.60. The van der Waals surface area contributed by atoms with Crippen molar-refractivity contribution in [2.75, 3.05) is 13.7 Å². The van der Waals surface area contributed by atoms with E-state index in [0.717, 1.165) is 0 Å². The molecule has 0 spiro atoms. The van der Waals surface area contributed by atoms with E-state index in [2.05, 4.69) is 10.3 Å². The van der Waals surface area contributed by atoms with Gasteiger partial charge in [0, 0.05) is 30.3 Å².